The SMILES string of the molecule is Cc1ccc2c(n1)oc1c(-c3cc(C(C)C)c4ccccc4n3)c(C)ccc12. The van der Waals surface area contributed by atoms with Crippen molar-refractivity contribution in [3.05, 3.63) is 71.4 Å². The van der Waals surface area contributed by atoms with Gasteiger partial charge in [-0.1, -0.05) is 44.2 Å². The first-order chi connectivity index (χ1) is 13.5. The van der Waals surface area contributed by atoms with Gasteiger partial charge in [0.15, 0.2) is 0 Å². The molecule has 3 heterocycles. The molecule has 0 aliphatic rings. The molecule has 138 valence electrons. The number of aromatic nitrogens is 2. The Kier molecular flexibility index (Phi) is 3.73. The molecule has 0 saturated carbocycles. The summed E-state index contributed by atoms with van der Waals surface area (Å²) in [6.45, 7) is 8.56. The van der Waals surface area contributed by atoms with Gasteiger partial charge < -0.3 is 4.42 Å². The number of aryl methyl sites for hydroxylation is 2. The highest BCUT2D eigenvalue weighted by atomic mass is 16.3. The van der Waals surface area contributed by atoms with Gasteiger partial charge in [0.1, 0.15) is 5.58 Å². The van der Waals surface area contributed by atoms with E-state index in [1.54, 1.807) is 0 Å². The van der Waals surface area contributed by atoms with Gasteiger partial charge in [-0.3, -0.25) is 0 Å². The lowest BCUT2D eigenvalue weighted by Gasteiger charge is -2.14. The average Bonchev–Trinajstić information content (AvgIpc) is 3.04. The van der Waals surface area contributed by atoms with Crippen molar-refractivity contribution in [2.24, 2.45) is 0 Å². The van der Waals surface area contributed by atoms with Gasteiger partial charge in [-0.05, 0) is 55.2 Å². The fourth-order valence-electron chi connectivity index (χ4n) is 4.04. The molecule has 0 saturated heterocycles. The van der Waals surface area contributed by atoms with E-state index in [9.17, 15) is 0 Å². The van der Waals surface area contributed by atoms with E-state index in [-0.39, 0.29) is 0 Å². The van der Waals surface area contributed by atoms with Crippen LogP contribution in [0.5, 0.6) is 0 Å². The molecule has 2 aromatic carbocycles. The zero-order chi connectivity index (χ0) is 19.4. The van der Waals surface area contributed by atoms with Crippen molar-refractivity contribution in [3.63, 3.8) is 0 Å². The number of hydrogen-bond acceptors (Lipinski definition) is 3. The number of pyridine rings is 2. The highest BCUT2D eigenvalue weighted by molar-refractivity contribution is 6.09. The second kappa shape index (κ2) is 6.16. The Balaban J connectivity index is 1.88. The molecule has 0 N–H and O–H groups in total. The van der Waals surface area contributed by atoms with E-state index in [1.165, 1.54) is 10.9 Å². The molecule has 5 rings (SSSR count). The normalized spacial score (nSPS) is 11.9. The van der Waals surface area contributed by atoms with Crippen LogP contribution >= 0.6 is 0 Å². The van der Waals surface area contributed by atoms with Crippen LogP contribution in [0.25, 0.3) is 44.2 Å². The molecular formula is C25H22N2O. The molecule has 3 nitrogen and oxygen atoms in total. The third-order valence-corrected chi connectivity index (χ3v) is 5.48. The molecule has 0 amide bonds. The Morgan fingerprint density at radius 2 is 1.61 bits per heavy atom. The van der Waals surface area contributed by atoms with Crippen molar-refractivity contribution in [2.45, 2.75) is 33.6 Å². The van der Waals surface area contributed by atoms with Crippen molar-refractivity contribution in [1.82, 2.24) is 9.97 Å². The molecule has 0 bridgehead atoms. The van der Waals surface area contributed by atoms with Crippen molar-refractivity contribution < 1.29 is 4.42 Å². The van der Waals surface area contributed by atoms with E-state index in [4.69, 9.17) is 9.40 Å². The second-order valence-electron chi connectivity index (χ2n) is 7.81. The van der Waals surface area contributed by atoms with Crippen LogP contribution in [0, 0.1) is 13.8 Å². The van der Waals surface area contributed by atoms with Gasteiger partial charge in [0.2, 0.25) is 5.71 Å². The van der Waals surface area contributed by atoms with Crippen LogP contribution < -0.4 is 0 Å². The number of fused-ring (bicyclic) bond motifs is 4. The van der Waals surface area contributed by atoms with Crippen LogP contribution in [-0.2, 0) is 0 Å². The lowest BCUT2D eigenvalue weighted by molar-refractivity contribution is 0.653. The maximum absolute atomic E-state index is 6.26. The Morgan fingerprint density at radius 3 is 2.43 bits per heavy atom. The number of hydrogen-bond donors (Lipinski definition) is 0. The lowest BCUT2D eigenvalue weighted by atomic mass is 9.94. The van der Waals surface area contributed by atoms with E-state index >= 15 is 0 Å². The molecular weight excluding hydrogens is 344 g/mol. The smallest absolute Gasteiger partial charge is 0.227 e. The highest BCUT2D eigenvalue weighted by Gasteiger charge is 2.18. The average molecular weight is 366 g/mol. The number of benzene rings is 2. The summed E-state index contributed by atoms with van der Waals surface area (Å²) in [5.41, 5.74) is 8.00. The van der Waals surface area contributed by atoms with E-state index in [0.29, 0.717) is 11.6 Å². The molecule has 0 unspecified atom stereocenters. The number of furan rings is 1. The summed E-state index contributed by atoms with van der Waals surface area (Å²) in [7, 11) is 0. The predicted octanol–water partition coefficient (Wildman–Crippen LogP) is 6.94. The molecule has 0 fully saturated rings. The molecule has 0 aliphatic heterocycles. The quantitative estimate of drug-likeness (QED) is 0.340. The summed E-state index contributed by atoms with van der Waals surface area (Å²) in [6, 6.07) is 19.0. The molecule has 0 spiro atoms. The van der Waals surface area contributed by atoms with Crippen molar-refractivity contribution in [2.75, 3.05) is 0 Å². The van der Waals surface area contributed by atoms with Gasteiger partial charge in [-0.15, -0.1) is 0 Å². The third kappa shape index (κ3) is 2.50. The zero-order valence-electron chi connectivity index (χ0n) is 16.6. The predicted molar refractivity (Wildman–Crippen MR) is 116 cm³/mol. The minimum absolute atomic E-state index is 0.408. The number of rotatable bonds is 2. The van der Waals surface area contributed by atoms with Gasteiger partial charge in [-0.25, -0.2) is 9.97 Å². The van der Waals surface area contributed by atoms with Crippen molar-refractivity contribution in [1.29, 1.82) is 0 Å². The summed E-state index contributed by atoms with van der Waals surface area (Å²) in [5.74, 6) is 0.408. The maximum Gasteiger partial charge on any atom is 0.227 e. The first kappa shape index (κ1) is 16.9. The summed E-state index contributed by atoms with van der Waals surface area (Å²) in [5, 5.41) is 3.35. The standard InChI is InChI=1S/C25H22N2O/c1-14(2)20-13-22(27-21-8-6-5-7-17(20)21)23-15(3)9-11-18-19-12-10-16(4)26-25(19)28-24(18)23/h5-14H,1-4H3. The first-order valence-electron chi connectivity index (χ1n) is 9.72. The number of para-hydroxylation sites is 1. The van der Waals surface area contributed by atoms with E-state index < -0.39 is 0 Å². The minimum atomic E-state index is 0.408. The second-order valence-corrected chi connectivity index (χ2v) is 7.81. The maximum atomic E-state index is 6.26. The van der Waals surface area contributed by atoms with Crippen molar-refractivity contribution in [3.8, 4) is 11.3 Å². The van der Waals surface area contributed by atoms with Crippen LogP contribution in [0.1, 0.15) is 36.6 Å². The zero-order valence-corrected chi connectivity index (χ0v) is 16.6. The van der Waals surface area contributed by atoms with Gasteiger partial charge >= 0.3 is 0 Å². The monoisotopic (exact) mass is 366 g/mol. The van der Waals surface area contributed by atoms with Crippen molar-refractivity contribution >= 4 is 33.0 Å². The summed E-state index contributed by atoms with van der Waals surface area (Å²) in [6.07, 6.45) is 0. The number of nitrogens with zero attached hydrogens (tertiary/aromatic N) is 2. The molecule has 0 atom stereocenters. The Morgan fingerprint density at radius 1 is 0.821 bits per heavy atom. The van der Waals surface area contributed by atoms with Gasteiger partial charge in [0, 0.05) is 27.4 Å². The van der Waals surface area contributed by atoms with Gasteiger partial charge in [0.25, 0.3) is 0 Å². The summed E-state index contributed by atoms with van der Waals surface area (Å²) < 4.78 is 6.26. The van der Waals surface area contributed by atoms with Crippen LogP contribution in [0.2, 0.25) is 0 Å². The summed E-state index contributed by atoms with van der Waals surface area (Å²) >= 11 is 0. The van der Waals surface area contributed by atoms with Crippen LogP contribution in [0.15, 0.2) is 59.0 Å². The molecule has 5 aromatic rings. The van der Waals surface area contributed by atoms with E-state index in [2.05, 4.69) is 68.2 Å². The minimum Gasteiger partial charge on any atom is -0.437 e. The third-order valence-electron chi connectivity index (χ3n) is 5.48. The molecule has 28 heavy (non-hydrogen) atoms. The fourth-order valence-corrected chi connectivity index (χ4v) is 4.04. The lowest BCUT2D eigenvalue weighted by Crippen LogP contribution is -1.96. The Hall–Kier alpha value is -3.20. The van der Waals surface area contributed by atoms with Gasteiger partial charge in [0.05, 0.1) is 11.2 Å². The topological polar surface area (TPSA) is 38.9 Å². The summed E-state index contributed by atoms with van der Waals surface area (Å²) in [4.78, 5) is 9.59. The van der Waals surface area contributed by atoms with E-state index in [0.717, 1.165) is 44.4 Å². The molecule has 3 heteroatoms. The highest BCUT2D eigenvalue weighted by Crippen LogP contribution is 2.38. The molecule has 3 aromatic heterocycles. The Bertz CT molecular complexity index is 1360. The first-order valence-corrected chi connectivity index (χ1v) is 9.72. The largest absolute Gasteiger partial charge is 0.437 e. The van der Waals surface area contributed by atoms with Gasteiger partial charge in [-0.2, -0.15) is 0 Å². The van der Waals surface area contributed by atoms with Crippen LogP contribution in [-0.4, -0.2) is 9.97 Å². The fraction of sp³-hybridized carbons (Fsp3) is 0.200. The Labute approximate surface area is 164 Å². The molecule has 0 aliphatic carbocycles. The van der Waals surface area contributed by atoms with E-state index in [1.807, 2.05) is 19.1 Å². The van der Waals surface area contributed by atoms with Crippen LogP contribution in [0.4, 0.5) is 0 Å². The van der Waals surface area contributed by atoms with Crippen LogP contribution in [0.3, 0.4) is 0 Å². The molecule has 0 radical (unpaired) electrons.